The van der Waals surface area contributed by atoms with E-state index in [1.54, 1.807) is 6.92 Å². The number of hydrogen-bond acceptors (Lipinski definition) is 2. The number of hydrogen-bond donors (Lipinski definition) is 0. The van der Waals surface area contributed by atoms with Gasteiger partial charge in [-0.25, -0.2) is 8.78 Å². The van der Waals surface area contributed by atoms with Gasteiger partial charge in [0.25, 0.3) is 0 Å². The van der Waals surface area contributed by atoms with Crippen LogP contribution in [0.15, 0.2) is 18.7 Å². The Morgan fingerprint density at radius 3 is 1.80 bits per heavy atom. The van der Waals surface area contributed by atoms with Crippen LogP contribution >= 0.6 is 0 Å². The largest absolute Gasteiger partial charge is 0.500 e. The van der Waals surface area contributed by atoms with Gasteiger partial charge >= 0.3 is 7.12 Å². The molecule has 0 aromatic heterocycles. The number of rotatable bonds is 2. The summed E-state index contributed by atoms with van der Waals surface area (Å²) in [4.78, 5) is 0. The molecule has 108 valence electrons. The molecule has 0 radical (unpaired) electrons. The van der Waals surface area contributed by atoms with Crippen LogP contribution in [0, 0.1) is 11.6 Å². The second kappa shape index (κ2) is 4.67. The van der Waals surface area contributed by atoms with Crippen molar-refractivity contribution in [2.45, 2.75) is 45.8 Å². The maximum atomic E-state index is 14.2. The van der Waals surface area contributed by atoms with E-state index in [1.165, 1.54) is 12.1 Å². The van der Waals surface area contributed by atoms with E-state index in [0.717, 1.165) is 0 Å². The lowest BCUT2D eigenvalue weighted by molar-refractivity contribution is 0.00578. The molecular weight excluding hydrogens is 261 g/mol. The van der Waals surface area contributed by atoms with E-state index in [-0.39, 0.29) is 5.46 Å². The fourth-order valence-electron chi connectivity index (χ4n) is 2.02. The van der Waals surface area contributed by atoms with Crippen LogP contribution in [0.2, 0.25) is 0 Å². The molecule has 5 heteroatoms. The minimum atomic E-state index is -1.04. The van der Waals surface area contributed by atoms with E-state index in [0.29, 0.717) is 11.1 Å². The molecule has 1 heterocycles. The molecular formula is C15H19BF2O2. The minimum Gasteiger partial charge on any atom is -0.399 e. The van der Waals surface area contributed by atoms with E-state index in [4.69, 9.17) is 9.31 Å². The number of allylic oxidation sites excluding steroid dienone is 1. The van der Waals surface area contributed by atoms with Crippen molar-refractivity contribution < 1.29 is 18.1 Å². The fraction of sp³-hybridized carbons (Fsp3) is 0.467. The maximum Gasteiger partial charge on any atom is 0.500 e. The first-order valence-electron chi connectivity index (χ1n) is 6.55. The summed E-state index contributed by atoms with van der Waals surface area (Å²) >= 11 is 0. The van der Waals surface area contributed by atoms with Crippen molar-refractivity contribution >= 4 is 18.2 Å². The highest BCUT2D eigenvalue weighted by Crippen LogP contribution is 2.37. The highest BCUT2D eigenvalue weighted by Gasteiger charge is 2.53. The Labute approximate surface area is 118 Å². The molecule has 0 amide bonds. The SMILES string of the molecule is C=C(C)c1cc(F)c(B2OC(C)(C)C(C)(C)O2)c(F)c1. The average Bonchev–Trinajstić information content (AvgIpc) is 2.46. The summed E-state index contributed by atoms with van der Waals surface area (Å²) in [6, 6.07) is 2.51. The molecule has 1 aromatic rings. The normalized spacial score (nSPS) is 20.2. The molecule has 0 N–H and O–H groups in total. The van der Waals surface area contributed by atoms with Crippen LogP contribution < -0.4 is 5.46 Å². The van der Waals surface area contributed by atoms with Crippen molar-refractivity contribution in [3.63, 3.8) is 0 Å². The van der Waals surface area contributed by atoms with Crippen molar-refractivity contribution in [3.05, 3.63) is 35.9 Å². The van der Waals surface area contributed by atoms with Gasteiger partial charge in [-0.15, -0.1) is 0 Å². The summed E-state index contributed by atoms with van der Waals surface area (Å²) in [6.45, 7) is 12.7. The van der Waals surface area contributed by atoms with E-state index < -0.39 is 30.0 Å². The van der Waals surface area contributed by atoms with Gasteiger partial charge in [-0.3, -0.25) is 0 Å². The molecule has 0 saturated carbocycles. The second-order valence-corrected chi connectivity index (χ2v) is 6.22. The zero-order valence-electron chi connectivity index (χ0n) is 12.5. The summed E-state index contributed by atoms with van der Waals surface area (Å²) in [5, 5.41) is 0. The zero-order valence-corrected chi connectivity index (χ0v) is 12.5. The molecule has 1 saturated heterocycles. The standard InChI is InChI=1S/C15H19BF2O2/c1-9(2)10-7-11(17)13(12(18)8-10)16-19-14(3,4)15(5,6)20-16/h7-8H,1H2,2-6H3. The van der Waals surface area contributed by atoms with Crippen molar-refractivity contribution in [3.8, 4) is 0 Å². The first-order valence-corrected chi connectivity index (χ1v) is 6.55. The Balaban J connectivity index is 2.43. The van der Waals surface area contributed by atoms with Gasteiger partial charge in [-0.05, 0) is 52.3 Å². The fourth-order valence-corrected chi connectivity index (χ4v) is 2.02. The summed E-state index contributed by atoms with van der Waals surface area (Å²) in [7, 11) is -1.04. The van der Waals surface area contributed by atoms with Crippen molar-refractivity contribution in [2.24, 2.45) is 0 Å². The third-order valence-electron chi connectivity index (χ3n) is 4.06. The molecule has 1 aliphatic rings. The Kier molecular flexibility index (Phi) is 3.55. The van der Waals surface area contributed by atoms with Gasteiger partial charge in [-0.2, -0.15) is 0 Å². The van der Waals surface area contributed by atoms with Gasteiger partial charge in [0.1, 0.15) is 11.6 Å². The monoisotopic (exact) mass is 280 g/mol. The molecule has 0 aliphatic carbocycles. The minimum absolute atomic E-state index is 0.186. The Morgan fingerprint density at radius 2 is 1.45 bits per heavy atom. The molecule has 0 atom stereocenters. The van der Waals surface area contributed by atoms with Crippen molar-refractivity contribution in [2.75, 3.05) is 0 Å². The van der Waals surface area contributed by atoms with Crippen LogP contribution in [-0.4, -0.2) is 18.3 Å². The van der Waals surface area contributed by atoms with Crippen LogP contribution in [0.25, 0.3) is 5.57 Å². The topological polar surface area (TPSA) is 18.5 Å². The van der Waals surface area contributed by atoms with Gasteiger partial charge in [0, 0.05) is 0 Å². The Hall–Kier alpha value is -1.20. The van der Waals surface area contributed by atoms with E-state index >= 15 is 0 Å². The predicted octanol–water partition coefficient (Wildman–Crippen LogP) is 3.30. The number of halogens is 2. The first-order chi connectivity index (χ1) is 9.05. The van der Waals surface area contributed by atoms with Crippen LogP contribution in [0.3, 0.4) is 0 Å². The lowest BCUT2D eigenvalue weighted by Crippen LogP contribution is -2.41. The van der Waals surface area contributed by atoms with Gasteiger partial charge in [0.05, 0.1) is 16.7 Å². The summed E-state index contributed by atoms with van der Waals surface area (Å²) in [5.41, 5.74) is -0.426. The zero-order chi connectivity index (χ0) is 15.3. The molecule has 0 bridgehead atoms. The first kappa shape index (κ1) is 15.2. The predicted molar refractivity (Wildman–Crippen MR) is 76.8 cm³/mol. The third kappa shape index (κ3) is 2.40. The van der Waals surface area contributed by atoms with E-state index in [1.807, 2.05) is 27.7 Å². The summed E-state index contributed by atoms with van der Waals surface area (Å²) in [5.74, 6) is -1.36. The molecule has 0 spiro atoms. The lowest BCUT2D eigenvalue weighted by Gasteiger charge is -2.32. The van der Waals surface area contributed by atoms with E-state index in [2.05, 4.69) is 6.58 Å². The van der Waals surface area contributed by atoms with Crippen LogP contribution in [-0.2, 0) is 9.31 Å². The van der Waals surface area contributed by atoms with Gasteiger partial charge < -0.3 is 9.31 Å². The van der Waals surface area contributed by atoms with Gasteiger partial charge in [-0.1, -0.05) is 12.2 Å². The Bertz CT molecular complexity index is 528. The van der Waals surface area contributed by atoms with Crippen LogP contribution in [0.4, 0.5) is 8.78 Å². The van der Waals surface area contributed by atoms with Crippen molar-refractivity contribution in [1.29, 1.82) is 0 Å². The average molecular weight is 280 g/mol. The number of benzene rings is 1. The smallest absolute Gasteiger partial charge is 0.399 e. The summed E-state index contributed by atoms with van der Waals surface area (Å²) in [6.07, 6.45) is 0. The molecule has 0 unspecified atom stereocenters. The van der Waals surface area contributed by atoms with Crippen molar-refractivity contribution in [1.82, 2.24) is 0 Å². The summed E-state index contributed by atoms with van der Waals surface area (Å²) < 4.78 is 39.7. The molecule has 2 rings (SSSR count). The lowest BCUT2D eigenvalue weighted by atomic mass is 9.77. The van der Waals surface area contributed by atoms with Crippen LogP contribution in [0.1, 0.15) is 40.2 Å². The molecule has 2 nitrogen and oxygen atoms in total. The molecule has 1 aliphatic heterocycles. The van der Waals surface area contributed by atoms with Gasteiger partial charge in [0.15, 0.2) is 0 Å². The molecule has 20 heavy (non-hydrogen) atoms. The maximum absolute atomic E-state index is 14.2. The molecule has 1 fully saturated rings. The Morgan fingerprint density at radius 1 is 1.05 bits per heavy atom. The highest BCUT2D eigenvalue weighted by molar-refractivity contribution is 6.62. The second-order valence-electron chi connectivity index (χ2n) is 6.22. The van der Waals surface area contributed by atoms with E-state index in [9.17, 15) is 8.78 Å². The van der Waals surface area contributed by atoms with Gasteiger partial charge in [0.2, 0.25) is 0 Å². The molecule has 1 aromatic carbocycles. The van der Waals surface area contributed by atoms with Crippen LogP contribution in [0.5, 0.6) is 0 Å². The quantitative estimate of drug-likeness (QED) is 0.774. The third-order valence-corrected chi connectivity index (χ3v) is 4.06. The highest BCUT2D eigenvalue weighted by atomic mass is 19.1.